The summed E-state index contributed by atoms with van der Waals surface area (Å²) in [5, 5.41) is 6.05. The van der Waals surface area contributed by atoms with Crippen LogP contribution in [-0.2, 0) is 0 Å². The molecule has 0 spiro atoms. The quantitative estimate of drug-likeness (QED) is 0.679. The first-order valence-electron chi connectivity index (χ1n) is 5.06. The molecule has 2 atom stereocenters. The van der Waals surface area contributed by atoms with Crippen molar-refractivity contribution in [1.29, 1.82) is 0 Å². The maximum absolute atomic E-state index is 2.38. The molecule has 3 heteroatoms. The SMILES string of the molecule is CC(C)C1SC(C(C)C)N(C)N1C. The standard InChI is InChI=1S/C10H22N2S/c1-7(2)9-11(5)12(6)10(13-9)8(3)4/h7-10H,1-6H3. The molecule has 78 valence electrons. The summed E-state index contributed by atoms with van der Waals surface area (Å²) < 4.78 is 0. The molecule has 1 saturated heterocycles. The molecule has 0 amide bonds. The monoisotopic (exact) mass is 202 g/mol. The first-order valence-corrected chi connectivity index (χ1v) is 6.00. The van der Waals surface area contributed by atoms with Crippen molar-refractivity contribution in [2.75, 3.05) is 14.1 Å². The highest BCUT2D eigenvalue weighted by Crippen LogP contribution is 2.39. The van der Waals surface area contributed by atoms with E-state index >= 15 is 0 Å². The van der Waals surface area contributed by atoms with Crippen molar-refractivity contribution in [2.45, 2.75) is 38.4 Å². The summed E-state index contributed by atoms with van der Waals surface area (Å²) >= 11 is 2.09. The van der Waals surface area contributed by atoms with Crippen molar-refractivity contribution in [3.63, 3.8) is 0 Å². The van der Waals surface area contributed by atoms with E-state index in [2.05, 4.69) is 63.6 Å². The smallest absolute Gasteiger partial charge is 0.0735 e. The average Bonchev–Trinajstić information content (AvgIpc) is 2.29. The third kappa shape index (κ3) is 2.20. The molecule has 2 nitrogen and oxygen atoms in total. The van der Waals surface area contributed by atoms with Gasteiger partial charge in [-0.3, -0.25) is 0 Å². The summed E-state index contributed by atoms with van der Waals surface area (Å²) in [7, 11) is 4.39. The van der Waals surface area contributed by atoms with Gasteiger partial charge in [0, 0.05) is 14.1 Å². The number of thioether (sulfide) groups is 1. The van der Waals surface area contributed by atoms with Crippen LogP contribution in [0.4, 0.5) is 0 Å². The van der Waals surface area contributed by atoms with Crippen LogP contribution < -0.4 is 0 Å². The largest absolute Gasteiger partial charge is 0.231 e. The fourth-order valence-electron chi connectivity index (χ4n) is 1.86. The van der Waals surface area contributed by atoms with E-state index in [9.17, 15) is 0 Å². The first kappa shape index (κ1) is 11.3. The summed E-state index contributed by atoms with van der Waals surface area (Å²) in [5.41, 5.74) is 0. The van der Waals surface area contributed by atoms with Crippen LogP contribution in [0.1, 0.15) is 27.7 Å². The fraction of sp³-hybridized carbons (Fsp3) is 1.00. The number of nitrogens with zero attached hydrogens (tertiary/aromatic N) is 2. The van der Waals surface area contributed by atoms with Gasteiger partial charge in [0.1, 0.15) is 0 Å². The highest BCUT2D eigenvalue weighted by atomic mass is 32.2. The zero-order chi connectivity index (χ0) is 10.2. The molecule has 0 aromatic rings. The molecule has 0 aliphatic carbocycles. The van der Waals surface area contributed by atoms with Gasteiger partial charge in [-0.05, 0) is 11.8 Å². The van der Waals surface area contributed by atoms with Gasteiger partial charge >= 0.3 is 0 Å². The zero-order valence-electron chi connectivity index (χ0n) is 9.61. The molecule has 0 aromatic heterocycles. The Bertz CT molecular complexity index is 152. The highest BCUT2D eigenvalue weighted by molar-refractivity contribution is 8.00. The van der Waals surface area contributed by atoms with Crippen LogP contribution in [0.2, 0.25) is 0 Å². The van der Waals surface area contributed by atoms with Gasteiger partial charge in [0.05, 0.1) is 10.7 Å². The van der Waals surface area contributed by atoms with Crippen molar-refractivity contribution < 1.29 is 0 Å². The summed E-state index contributed by atoms with van der Waals surface area (Å²) in [6, 6.07) is 0. The van der Waals surface area contributed by atoms with Gasteiger partial charge in [-0.15, -0.1) is 11.8 Å². The summed E-state index contributed by atoms with van der Waals surface area (Å²) in [6.07, 6.45) is 0. The lowest BCUT2D eigenvalue weighted by molar-refractivity contribution is 0.00372. The van der Waals surface area contributed by atoms with E-state index in [1.54, 1.807) is 0 Å². The van der Waals surface area contributed by atoms with Crippen LogP contribution >= 0.6 is 11.8 Å². The number of rotatable bonds is 2. The van der Waals surface area contributed by atoms with Crippen LogP contribution in [0.25, 0.3) is 0 Å². The molecular formula is C10H22N2S. The Labute approximate surface area is 86.6 Å². The van der Waals surface area contributed by atoms with Crippen molar-refractivity contribution in [2.24, 2.45) is 11.8 Å². The minimum absolute atomic E-state index is 0.650. The fourth-order valence-corrected chi connectivity index (χ4v) is 3.42. The molecule has 2 unspecified atom stereocenters. The molecule has 1 aliphatic rings. The van der Waals surface area contributed by atoms with E-state index in [0.29, 0.717) is 10.7 Å². The minimum atomic E-state index is 0.650. The maximum Gasteiger partial charge on any atom is 0.0735 e. The van der Waals surface area contributed by atoms with E-state index < -0.39 is 0 Å². The van der Waals surface area contributed by atoms with Gasteiger partial charge in [0.25, 0.3) is 0 Å². The Kier molecular flexibility index (Phi) is 3.66. The number of hydrogen-bond donors (Lipinski definition) is 0. The lowest BCUT2D eigenvalue weighted by Crippen LogP contribution is -2.40. The Balaban J connectivity index is 2.66. The molecule has 0 N–H and O–H groups in total. The van der Waals surface area contributed by atoms with E-state index in [1.165, 1.54) is 0 Å². The molecule has 0 aromatic carbocycles. The Hall–Kier alpha value is 0.270. The third-order valence-electron chi connectivity index (χ3n) is 2.65. The predicted molar refractivity (Wildman–Crippen MR) is 60.4 cm³/mol. The van der Waals surface area contributed by atoms with E-state index in [4.69, 9.17) is 0 Å². The molecule has 13 heavy (non-hydrogen) atoms. The Morgan fingerprint density at radius 2 is 1.15 bits per heavy atom. The average molecular weight is 202 g/mol. The predicted octanol–water partition coefficient (Wildman–Crippen LogP) is 2.48. The van der Waals surface area contributed by atoms with Gasteiger partial charge in [0.15, 0.2) is 0 Å². The second-order valence-electron chi connectivity index (χ2n) is 4.55. The second-order valence-corrected chi connectivity index (χ2v) is 5.79. The molecule has 1 fully saturated rings. The van der Waals surface area contributed by atoms with Crippen LogP contribution in [-0.4, -0.2) is 34.9 Å². The second kappa shape index (κ2) is 4.20. The van der Waals surface area contributed by atoms with E-state index in [-0.39, 0.29) is 0 Å². The van der Waals surface area contributed by atoms with E-state index in [1.807, 2.05) is 0 Å². The van der Waals surface area contributed by atoms with Crippen LogP contribution in [0, 0.1) is 11.8 Å². The molecule has 0 saturated carbocycles. The molecule has 1 rings (SSSR count). The van der Waals surface area contributed by atoms with Crippen molar-refractivity contribution in [3.8, 4) is 0 Å². The first-order chi connectivity index (χ1) is 5.95. The third-order valence-corrected chi connectivity index (χ3v) is 4.91. The molecule has 0 radical (unpaired) electrons. The van der Waals surface area contributed by atoms with Gasteiger partial charge in [-0.2, -0.15) is 0 Å². The summed E-state index contributed by atoms with van der Waals surface area (Å²) in [6.45, 7) is 9.19. The minimum Gasteiger partial charge on any atom is -0.231 e. The molecule has 1 heterocycles. The number of hydrogen-bond acceptors (Lipinski definition) is 3. The van der Waals surface area contributed by atoms with Crippen LogP contribution in [0.15, 0.2) is 0 Å². The summed E-state index contributed by atoms with van der Waals surface area (Å²) in [5.74, 6) is 1.45. The molecule has 1 aliphatic heterocycles. The van der Waals surface area contributed by atoms with Gasteiger partial charge in [0.2, 0.25) is 0 Å². The maximum atomic E-state index is 2.38. The van der Waals surface area contributed by atoms with Gasteiger partial charge in [-0.1, -0.05) is 27.7 Å². The van der Waals surface area contributed by atoms with Crippen molar-refractivity contribution in [1.82, 2.24) is 10.0 Å². The van der Waals surface area contributed by atoms with Crippen molar-refractivity contribution in [3.05, 3.63) is 0 Å². The molecule has 0 bridgehead atoms. The van der Waals surface area contributed by atoms with Crippen molar-refractivity contribution >= 4 is 11.8 Å². The Morgan fingerprint density at radius 3 is 1.31 bits per heavy atom. The topological polar surface area (TPSA) is 6.48 Å². The van der Waals surface area contributed by atoms with Crippen LogP contribution in [0.5, 0.6) is 0 Å². The van der Waals surface area contributed by atoms with Crippen LogP contribution in [0.3, 0.4) is 0 Å². The van der Waals surface area contributed by atoms with Gasteiger partial charge < -0.3 is 0 Å². The van der Waals surface area contributed by atoms with E-state index in [0.717, 1.165) is 11.8 Å². The summed E-state index contributed by atoms with van der Waals surface area (Å²) in [4.78, 5) is 0. The highest BCUT2D eigenvalue weighted by Gasteiger charge is 2.37. The van der Waals surface area contributed by atoms with Gasteiger partial charge in [-0.25, -0.2) is 10.0 Å². The molecular weight excluding hydrogens is 180 g/mol. The lowest BCUT2D eigenvalue weighted by Gasteiger charge is -2.28. The Morgan fingerprint density at radius 1 is 0.846 bits per heavy atom. The number of hydrazine groups is 1. The normalized spacial score (nSPS) is 32.3. The zero-order valence-corrected chi connectivity index (χ0v) is 10.4. The lowest BCUT2D eigenvalue weighted by atomic mass is 10.2.